The Labute approximate surface area is 97.1 Å². The smallest absolute Gasteiger partial charge is 0.146 e. The number of benzene rings is 1. The Morgan fingerprint density at radius 2 is 2.06 bits per heavy atom. The molecule has 0 amide bonds. The predicted octanol–water partition coefficient (Wildman–Crippen LogP) is 3.20. The maximum absolute atomic E-state index is 13.4. The first-order valence-corrected chi connectivity index (χ1v) is 4.96. The molecule has 0 radical (unpaired) electrons. The van der Waals surface area contributed by atoms with Gasteiger partial charge in [-0.05, 0) is 24.3 Å². The Morgan fingerprint density at radius 3 is 2.81 bits per heavy atom. The predicted molar refractivity (Wildman–Crippen MR) is 63.3 cm³/mol. The number of hydrogen-bond donors (Lipinski definition) is 2. The molecule has 0 bridgehead atoms. The standard InChI is InChI=1S/C11H9ClFN3/c12-7-1-2-9(13)10(5-7)16-11-6-8(14)3-4-15-11/h1-6H,(H3,14,15,16). The summed E-state index contributed by atoms with van der Waals surface area (Å²) < 4.78 is 13.4. The van der Waals surface area contributed by atoms with Gasteiger partial charge >= 0.3 is 0 Å². The summed E-state index contributed by atoms with van der Waals surface area (Å²) in [7, 11) is 0. The summed E-state index contributed by atoms with van der Waals surface area (Å²) in [5, 5.41) is 3.25. The SMILES string of the molecule is Nc1ccnc(Nc2cc(Cl)ccc2F)c1. The summed E-state index contributed by atoms with van der Waals surface area (Å²) in [4.78, 5) is 4.00. The Morgan fingerprint density at radius 1 is 1.25 bits per heavy atom. The number of nitrogens with two attached hydrogens (primary N) is 1. The monoisotopic (exact) mass is 237 g/mol. The van der Waals surface area contributed by atoms with Crippen molar-refractivity contribution in [1.82, 2.24) is 4.98 Å². The van der Waals surface area contributed by atoms with Crippen molar-refractivity contribution in [3.8, 4) is 0 Å². The fraction of sp³-hybridized carbons (Fsp3) is 0. The Kier molecular flexibility index (Phi) is 2.92. The van der Waals surface area contributed by atoms with Crippen LogP contribution in [0.5, 0.6) is 0 Å². The number of nitrogen functional groups attached to an aromatic ring is 1. The number of nitrogens with one attached hydrogen (secondary N) is 1. The number of pyridine rings is 1. The van der Waals surface area contributed by atoms with Gasteiger partial charge in [0.25, 0.3) is 0 Å². The van der Waals surface area contributed by atoms with Gasteiger partial charge in [0.2, 0.25) is 0 Å². The van der Waals surface area contributed by atoms with Gasteiger partial charge in [-0.1, -0.05) is 11.6 Å². The number of aromatic nitrogens is 1. The van der Waals surface area contributed by atoms with E-state index < -0.39 is 5.82 Å². The zero-order valence-electron chi connectivity index (χ0n) is 8.24. The van der Waals surface area contributed by atoms with Crippen molar-refractivity contribution in [1.29, 1.82) is 0 Å². The third-order valence-electron chi connectivity index (χ3n) is 1.98. The molecule has 0 saturated carbocycles. The average molecular weight is 238 g/mol. The zero-order valence-corrected chi connectivity index (χ0v) is 9.00. The number of rotatable bonds is 2. The van der Waals surface area contributed by atoms with E-state index in [4.69, 9.17) is 17.3 Å². The summed E-state index contributed by atoms with van der Waals surface area (Å²) in [6, 6.07) is 7.52. The molecule has 3 N–H and O–H groups in total. The molecule has 0 unspecified atom stereocenters. The van der Waals surface area contributed by atoms with E-state index in [1.807, 2.05) is 0 Å². The Balaban J connectivity index is 2.30. The molecule has 3 nitrogen and oxygen atoms in total. The van der Waals surface area contributed by atoms with Crippen LogP contribution in [-0.4, -0.2) is 4.98 Å². The van der Waals surface area contributed by atoms with Crippen LogP contribution in [0.1, 0.15) is 0 Å². The average Bonchev–Trinajstić information content (AvgIpc) is 2.24. The molecule has 0 fully saturated rings. The van der Waals surface area contributed by atoms with Crippen LogP contribution in [0.2, 0.25) is 5.02 Å². The highest BCUT2D eigenvalue weighted by molar-refractivity contribution is 6.30. The van der Waals surface area contributed by atoms with Crippen molar-refractivity contribution in [2.75, 3.05) is 11.1 Å². The number of halogens is 2. The van der Waals surface area contributed by atoms with Crippen LogP contribution in [0.25, 0.3) is 0 Å². The molecule has 0 atom stereocenters. The van der Waals surface area contributed by atoms with Gasteiger partial charge < -0.3 is 11.1 Å². The molecule has 2 rings (SSSR count). The minimum atomic E-state index is -0.395. The van der Waals surface area contributed by atoms with Gasteiger partial charge in [0, 0.05) is 23.0 Å². The van der Waals surface area contributed by atoms with E-state index in [1.165, 1.54) is 18.2 Å². The lowest BCUT2D eigenvalue weighted by Gasteiger charge is -2.07. The minimum absolute atomic E-state index is 0.269. The fourth-order valence-electron chi connectivity index (χ4n) is 1.25. The molecule has 2 aromatic rings. The summed E-state index contributed by atoms with van der Waals surface area (Å²) in [6.07, 6.45) is 1.54. The fourth-order valence-corrected chi connectivity index (χ4v) is 1.42. The van der Waals surface area contributed by atoms with Gasteiger partial charge in [0.1, 0.15) is 11.6 Å². The normalized spacial score (nSPS) is 10.1. The second-order valence-electron chi connectivity index (χ2n) is 3.22. The van der Waals surface area contributed by atoms with Crippen molar-refractivity contribution >= 4 is 28.8 Å². The third-order valence-corrected chi connectivity index (χ3v) is 2.21. The van der Waals surface area contributed by atoms with Gasteiger partial charge in [-0.2, -0.15) is 0 Å². The van der Waals surface area contributed by atoms with Crippen LogP contribution < -0.4 is 11.1 Å². The molecular formula is C11H9ClFN3. The van der Waals surface area contributed by atoms with E-state index in [9.17, 15) is 4.39 Å². The van der Waals surface area contributed by atoms with Crippen molar-refractivity contribution in [2.24, 2.45) is 0 Å². The lowest BCUT2D eigenvalue weighted by atomic mass is 10.3. The van der Waals surface area contributed by atoms with E-state index in [2.05, 4.69) is 10.3 Å². The van der Waals surface area contributed by atoms with E-state index >= 15 is 0 Å². The molecule has 82 valence electrons. The highest BCUT2D eigenvalue weighted by Gasteiger charge is 2.03. The van der Waals surface area contributed by atoms with Crippen LogP contribution in [0.15, 0.2) is 36.5 Å². The molecule has 0 aliphatic heterocycles. The van der Waals surface area contributed by atoms with E-state index in [-0.39, 0.29) is 5.69 Å². The molecule has 0 aliphatic rings. The molecule has 1 aromatic heterocycles. The van der Waals surface area contributed by atoms with E-state index in [1.54, 1.807) is 18.3 Å². The Bertz CT molecular complexity index is 516. The number of anilines is 3. The van der Waals surface area contributed by atoms with Crippen LogP contribution in [0, 0.1) is 5.82 Å². The third kappa shape index (κ3) is 2.41. The van der Waals surface area contributed by atoms with Gasteiger partial charge in [-0.15, -0.1) is 0 Å². The van der Waals surface area contributed by atoms with Crippen molar-refractivity contribution in [3.63, 3.8) is 0 Å². The molecule has 1 aromatic carbocycles. The molecule has 0 aliphatic carbocycles. The van der Waals surface area contributed by atoms with Crippen LogP contribution >= 0.6 is 11.6 Å². The lowest BCUT2D eigenvalue weighted by molar-refractivity contribution is 0.632. The van der Waals surface area contributed by atoms with Gasteiger partial charge in [-0.25, -0.2) is 9.37 Å². The van der Waals surface area contributed by atoms with Crippen LogP contribution in [-0.2, 0) is 0 Å². The van der Waals surface area contributed by atoms with Crippen molar-refractivity contribution in [3.05, 3.63) is 47.4 Å². The summed E-state index contributed by atoms with van der Waals surface area (Å²) in [6.45, 7) is 0. The largest absolute Gasteiger partial charge is 0.399 e. The second kappa shape index (κ2) is 4.37. The van der Waals surface area contributed by atoms with Gasteiger partial charge in [-0.3, -0.25) is 0 Å². The molecule has 1 heterocycles. The maximum Gasteiger partial charge on any atom is 0.146 e. The summed E-state index contributed by atoms with van der Waals surface area (Å²) in [5.74, 6) is 0.0785. The highest BCUT2D eigenvalue weighted by Crippen LogP contribution is 2.23. The number of hydrogen-bond acceptors (Lipinski definition) is 3. The molecule has 5 heteroatoms. The quantitative estimate of drug-likeness (QED) is 0.843. The van der Waals surface area contributed by atoms with Crippen molar-refractivity contribution in [2.45, 2.75) is 0 Å². The van der Waals surface area contributed by atoms with Gasteiger partial charge in [0.05, 0.1) is 5.69 Å². The van der Waals surface area contributed by atoms with Crippen LogP contribution in [0.3, 0.4) is 0 Å². The molecular weight excluding hydrogens is 229 g/mol. The minimum Gasteiger partial charge on any atom is -0.399 e. The van der Waals surface area contributed by atoms with Crippen molar-refractivity contribution < 1.29 is 4.39 Å². The first-order chi connectivity index (χ1) is 7.65. The summed E-state index contributed by atoms with van der Waals surface area (Å²) in [5.41, 5.74) is 6.40. The molecule has 0 spiro atoms. The maximum atomic E-state index is 13.4. The first-order valence-electron chi connectivity index (χ1n) is 4.59. The Hall–Kier alpha value is -1.81. The number of nitrogens with zero attached hydrogens (tertiary/aromatic N) is 1. The highest BCUT2D eigenvalue weighted by atomic mass is 35.5. The second-order valence-corrected chi connectivity index (χ2v) is 3.66. The lowest BCUT2D eigenvalue weighted by Crippen LogP contribution is -1.97. The van der Waals surface area contributed by atoms with Crippen LogP contribution in [0.4, 0.5) is 21.6 Å². The van der Waals surface area contributed by atoms with Gasteiger partial charge in [0.15, 0.2) is 0 Å². The zero-order chi connectivity index (χ0) is 11.5. The summed E-state index contributed by atoms with van der Waals surface area (Å²) >= 11 is 5.76. The molecule has 0 saturated heterocycles. The van der Waals surface area contributed by atoms with E-state index in [0.717, 1.165) is 0 Å². The first kappa shape index (κ1) is 10.7. The molecule has 16 heavy (non-hydrogen) atoms. The topological polar surface area (TPSA) is 50.9 Å². The van der Waals surface area contributed by atoms with E-state index in [0.29, 0.717) is 16.5 Å².